The minimum absolute atomic E-state index is 0.0648. The van der Waals surface area contributed by atoms with Crippen LogP contribution in [-0.2, 0) is 0 Å². The molecule has 5 nitrogen and oxygen atoms in total. The molecule has 0 aromatic carbocycles. The molecule has 1 aromatic rings. The lowest BCUT2D eigenvalue weighted by Crippen LogP contribution is -2.21. The molecule has 0 unspecified atom stereocenters. The monoisotopic (exact) mass is 126 g/mol. The molecule has 0 saturated carbocycles. The second kappa shape index (κ2) is 1.77. The van der Waals surface area contributed by atoms with Crippen LogP contribution in [0.25, 0.3) is 0 Å². The molecular weight excluding hydrogens is 120 g/mol. The van der Waals surface area contributed by atoms with E-state index in [4.69, 9.17) is 11.6 Å². The summed E-state index contributed by atoms with van der Waals surface area (Å²) in [5.74, 6) is 4.64. The Morgan fingerprint density at radius 3 is 2.67 bits per heavy atom. The number of nitrogens with two attached hydrogens (primary N) is 2. The normalized spacial score (nSPS) is 9.33. The zero-order valence-corrected chi connectivity index (χ0v) is 4.61. The molecule has 5 heteroatoms. The van der Waals surface area contributed by atoms with Gasteiger partial charge in [0, 0.05) is 12.4 Å². The highest BCUT2D eigenvalue weighted by Gasteiger charge is 2.03. The minimum Gasteiger partial charge on any atom is -0.363 e. The maximum Gasteiger partial charge on any atom is 0.286 e. The Labute approximate surface area is 51.2 Å². The zero-order valence-electron chi connectivity index (χ0n) is 4.61. The van der Waals surface area contributed by atoms with Gasteiger partial charge < -0.3 is 11.6 Å². The van der Waals surface area contributed by atoms with E-state index in [1.807, 2.05) is 0 Å². The van der Waals surface area contributed by atoms with Crippen molar-refractivity contribution < 1.29 is 4.79 Å². The number of nitrogen functional groups attached to an aromatic ring is 1. The van der Waals surface area contributed by atoms with Gasteiger partial charge in [0.15, 0.2) is 0 Å². The highest BCUT2D eigenvalue weighted by atomic mass is 16.1. The molecule has 0 saturated heterocycles. The van der Waals surface area contributed by atoms with Crippen molar-refractivity contribution >= 4 is 5.91 Å². The standard InChI is InChI=1S/C4H6N4O/c5-3(9)4-7-1-2-8(4)6/h1-2H,6H2,(H2,5,9). The quantitative estimate of drug-likeness (QED) is 0.458. The fraction of sp³-hybridized carbons (Fsp3) is 0. The first kappa shape index (κ1) is 5.61. The second-order valence-electron chi connectivity index (χ2n) is 1.52. The Morgan fingerprint density at radius 1 is 1.78 bits per heavy atom. The van der Waals surface area contributed by atoms with Crippen LogP contribution in [0.3, 0.4) is 0 Å². The van der Waals surface area contributed by atoms with Crippen molar-refractivity contribution in [1.29, 1.82) is 0 Å². The van der Waals surface area contributed by atoms with Gasteiger partial charge in [0.2, 0.25) is 5.82 Å². The van der Waals surface area contributed by atoms with Gasteiger partial charge in [-0.15, -0.1) is 0 Å². The molecule has 9 heavy (non-hydrogen) atoms. The SMILES string of the molecule is NC(=O)c1nccn1N. The summed E-state index contributed by atoms with van der Waals surface area (Å²) in [6.45, 7) is 0. The van der Waals surface area contributed by atoms with Crippen LogP contribution in [0.2, 0.25) is 0 Å². The van der Waals surface area contributed by atoms with Crippen molar-refractivity contribution in [3.8, 4) is 0 Å². The fourth-order valence-electron chi connectivity index (χ4n) is 0.504. The van der Waals surface area contributed by atoms with Crippen molar-refractivity contribution in [3.05, 3.63) is 18.2 Å². The number of carbonyl (C=O) groups excluding carboxylic acids is 1. The second-order valence-corrected chi connectivity index (χ2v) is 1.52. The number of hydrogen-bond acceptors (Lipinski definition) is 3. The fourth-order valence-corrected chi connectivity index (χ4v) is 0.504. The molecule has 48 valence electrons. The number of rotatable bonds is 1. The van der Waals surface area contributed by atoms with Crippen LogP contribution < -0.4 is 11.6 Å². The molecule has 1 heterocycles. The lowest BCUT2D eigenvalue weighted by molar-refractivity contribution is 0.0988. The molecular formula is C4H6N4O. The molecule has 1 aromatic heterocycles. The summed E-state index contributed by atoms with van der Waals surface area (Å²) in [5.41, 5.74) is 4.86. The van der Waals surface area contributed by atoms with Gasteiger partial charge >= 0.3 is 0 Å². The van der Waals surface area contributed by atoms with E-state index in [1.165, 1.54) is 12.4 Å². The third kappa shape index (κ3) is 0.835. The van der Waals surface area contributed by atoms with Gasteiger partial charge in [-0.2, -0.15) is 0 Å². The highest BCUT2D eigenvalue weighted by molar-refractivity contribution is 5.89. The van der Waals surface area contributed by atoms with E-state index in [1.54, 1.807) is 0 Å². The summed E-state index contributed by atoms with van der Waals surface area (Å²) >= 11 is 0. The van der Waals surface area contributed by atoms with Crippen molar-refractivity contribution in [3.63, 3.8) is 0 Å². The van der Waals surface area contributed by atoms with Crippen molar-refractivity contribution in [2.75, 3.05) is 5.84 Å². The Bertz CT molecular complexity index is 228. The Morgan fingerprint density at radius 2 is 2.44 bits per heavy atom. The Balaban J connectivity index is 3.08. The average molecular weight is 126 g/mol. The van der Waals surface area contributed by atoms with Crippen LogP contribution in [-0.4, -0.2) is 15.6 Å². The molecule has 0 atom stereocenters. The predicted octanol–water partition coefficient (Wildman–Crippen LogP) is -1.30. The number of nitrogens with zero attached hydrogens (tertiary/aromatic N) is 2. The van der Waals surface area contributed by atoms with Crippen LogP contribution >= 0.6 is 0 Å². The van der Waals surface area contributed by atoms with Crippen molar-refractivity contribution in [2.45, 2.75) is 0 Å². The molecule has 0 fully saturated rings. The average Bonchev–Trinajstić information content (AvgIpc) is 2.13. The molecule has 0 aliphatic carbocycles. The molecule has 1 rings (SSSR count). The molecule has 0 bridgehead atoms. The summed E-state index contributed by atoms with van der Waals surface area (Å²) < 4.78 is 1.07. The molecule has 0 aliphatic heterocycles. The van der Waals surface area contributed by atoms with Gasteiger partial charge in [0.1, 0.15) is 0 Å². The summed E-state index contributed by atoms with van der Waals surface area (Å²) in [7, 11) is 0. The minimum atomic E-state index is -0.623. The molecule has 0 radical (unpaired) electrons. The van der Waals surface area contributed by atoms with Crippen LogP contribution in [0.4, 0.5) is 0 Å². The number of imidazole rings is 1. The lowest BCUT2D eigenvalue weighted by Gasteiger charge is -1.92. The van der Waals surface area contributed by atoms with E-state index in [2.05, 4.69) is 4.98 Å². The van der Waals surface area contributed by atoms with E-state index in [-0.39, 0.29) is 5.82 Å². The van der Waals surface area contributed by atoms with Gasteiger partial charge in [-0.3, -0.25) is 4.79 Å². The van der Waals surface area contributed by atoms with Crippen LogP contribution in [0.15, 0.2) is 12.4 Å². The van der Waals surface area contributed by atoms with E-state index < -0.39 is 5.91 Å². The molecule has 0 aliphatic rings. The first-order valence-corrected chi connectivity index (χ1v) is 2.30. The summed E-state index contributed by atoms with van der Waals surface area (Å²) in [6.07, 6.45) is 2.85. The van der Waals surface area contributed by atoms with Crippen LogP contribution in [0.1, 0.15) is 10.6 Å². The van der Waals surface area contributed by atoms with Gasteiger partial charge in [-0.1, -0.05) is 0 Å². The van der Waals surface area contributed by atoms with E-state index >= 15 is 0 Å². The Hall–Kier alpha value is -1.52. The third-order valence-electron chi connectivity index (χ3n) is 0.889. The zero-order chi connectivity index (χ0) is 6.85. The predicted molar refractivity (Wildman–Crippen MR) is 30.9 cm³/mol. The summed E-state index contributed by atoms with van der Waals surface area (Å²) in [5, 5.41) is 0. The highest BCUT2D eigenvalue weighted by Crippen LogP contribution is 1.87. The topological polar surface area (TPSA) is 86.9 Å². The van der Waals surface area contributed by atoms with Crippen LogP contribution in [0.5, 0.6) is 0 Å². The van der Waals surface area contributed by atoms with Crippen molar-refractivity contribution in [1.82, 2.24) is 9.66 Å². The summed E-state index contributed by atoms with van der Waals surface area (Å²) in [4.78, 5) is 13.9. The van der Waals surface area contributed by atoms with Gasteiger partial charge in [-0.25, -0.2) is 9.66 Å². The first-order chi connectivity index (χ1) is 4.22. The number of carbonyl (C=O) groups is 1. The molecule has 0 spiro atoms. The lowest BCUT2D eigenvalue weighted by atomic mass is 10.6. The maximum absolute atomic E-state index is 10.3. The molecule has 1 amide bonds. The maximum atomic E-state index is 10.3. The number of aromatic nitrogens is 2. The van der Waals surface area contributed by atoms with Gasteiger partial charge in [-0.05, 0) is 0 Å². The van der Waals surface area contributed by atoms with E-state index in [9.17, 15) is 4.79 Å². The molecule has 4 N–H and O–H groups in total. The Kier molecular flexibility index (Phi) is 1.11. The van der Waals surface area contributed by atoms with Crippen LogP contribution in [0, 0.1) is 0 Å². The van der Waals surface area contributed by atoms with Gasteiger partial charge in [0.25, 0.3) is 5.91 Å². The largest absolute Gasteiger partial charge is 0.363 e. The smallest absolute Gasteiger partial charge is 0.286 e. The van der Waals surface area contributed by atoms with Crippen molar-refractivity contribution in [2.24, 2.45) is 5.73 Å². The number of amides is 1. The number of hydrogen-bond donors (Lipinski definition) is 2. The third-order valence-corrected chi connectivity index (χ3v) is 0.889. The van der Waals surface area contributed by atoms with Gasteiger partial charge in [0.05, 0.1) is 0 Å². The summed E-state index contributed by atoms with van der Waals surface area (Å²) in [6, 6.07) is 0. The van der Waals surface area contributed by atoms with E-state index in [0.717, 1.165) is 4.68 Å². The first-order valence-electron chi connectivity index (χ1n) is 2.30. The van der Waals surface area contributed by atoms with E-state index in [0.29, 0.717) is 0 Å². The number of primary amides is 1.